The van der Waals surface area contributed by atoms with E-state index in [1.54, 1.807) is 0 Å². The Morgan fingerprint density at radius 2 is 2.15 bits per heavy atom. The van der Waals surface area contributed by atoms with Gasteiger partial charge in [0.2, 0.25) is 5.91 Å². The predicted molar refractivity (Wildman–Crippen MR) is 86.6 cm³/mol. The molecule has 1 aliphatic rings. The van der Waals surface area contributed by atoms with Crippen molar-refractivity contribution in [2.45, 2.75) is 32.7 Å². The fourth-order valence-electron chi connectivity index (χ4n) is 2.61. The van der Waals surface area contributed by atoms with Crippen LogP contribution in [-0.4, -0.2) is 28.9 Å². The molecular formula is C16H24N2OS. The van der Waals surface area contributed by atoms with Gasteiger partial charge in [-0.05, 0) is 54.9 Å². The fourth-order valence-corrected chi connectivity index (χ4v) is 3.82. The second-order valence-corrected chi connectivity index (χ2v) is 6.64. The molecule has 1 aliphatic heterocycles. The number of amides is 1. The highest BCUT2D eigenvalue weighted by molar-refractivity contribution is 7.99. The van der Waals surface area contributed by atoms with Crippen LogP contribution in [0.1, 0.15) is 31.7 Å². The van der Waals surface area contributed by atoms with Crippen LogP contribution in [0.2, 0.25) is 0 Å². The maximum Gasteiger partial charge on any atom is 0.223 e. The quantitative estimate of drug-likeness (QED) is 0.848. The van der Waals surface area contributed by atoms with Gasteiger partial charge in [0, 0.05) is 25.2 Å². The van der Waals surface area contributed by atoms with Gasteiger partial charge in [0.15, 0.2) is 0 Å². The van der Waals surface area contributed by atoms with Crippen molar-refractivity contribution in [1.82, 2.24) is 4.90 Å². The molecule has 0 radical (unpaired) electrons. The lowest BCUT2D eigenvalue weighted by molar-refractivity contribution is -0.132. The molecule has 1 aromatic carbocycles. The van der Waals surface area contributed by atoms with Crippen molar-refractivity contribution in [3.05, 3.63) is 29.8 Å². The average molecular weight is 292 g/mol. The molecule has 0 saturated carbocycles. The molecule has 2 N–H and O–H groups in total. The number of hydrogen-bond acceptors (Lipinski definition) is 3. The van der Waals surface area contributed by atoms with Crippen LogP contribution in [0.3, 0.4) is 0 Å². The van der Waals surface area contributed by atoms with Gasteiger partial charge in [0.1, 0.15) is 0 Å². The van der Waals surface area contributed by atoms with Crippen LogP contribution in [0.4, 0.5) is 5.69 Å². The van der Waals surface area contributed by atoms with Crippen molar-refractivity contribution in [2.75, 3.05) is 23.8 Å². The lowest BCUT2D eigenvalue weighted by Crippen LogP contribution is -2.32. The zero-order chi connectivity index (χ0) is 14.4. The van der Waals surface area contributed by atoms with Gasteiger partial charge in [-0.15, -0.1) is 0 Å². The third kappa shape index (κ3) is 4.44. The minimum absolute atomic E-state index is 0.284. The summed E-state index contributed by atoms with van der Waals surface area (Å²) in [5.74, 6) is 3.28. The van der Waals surface area contributed by atoms with Crippen molar-refractivity contribution < 1.29 is 4.79 Å². The van der Waals surface area contributed by atoms with Crippen LogP contribution in [-0.2, 0) is 11.3 Å². The van der Waals surface area contributed by atoms with Crippen LogP contribution >= 0.6 is 11.8 Å². The molecule has 0 unspecified atom stereocenters. The zero-order valence-electron chi connectivity index (χ0n) is 12.2. The van der Waals surface area contributed by atoms with Gasteiger partial charge in [-0.25, -0.2) is 0 Å². The molecular weight excluding hydrogens is 268 g/mol. The van der Waals surface area contributed by atoms with E-state index in [-0.39, 0.29) is 5.91 Å². The minimum Gasteiger partial charge on any atom is -0.399 e. The van der Waals surface area contributed by atoms with E-state index in [2.05, 4.69) is 0 Å². The zero-order valence-corrected chi connectivity index (χ0v) is 13.0. The van der Waals surface area contributed by atoms with Crippen molar-refractivity contribution in [1.29, 1.82) is 0 Å². The standard InChI is InChI=1S/C16H24N2OS/c1-2-18(12-14-4-3-5-15(17)10-14)16(19)11-13-6-8-20-9-7-13/h3-5,10,13H,2,6-9,11-12,17H2,1H3. The van der Waals surface area contributed by atoms with Crippen molar-refractivity contribution in [3.63, 3.8) is 0 Å². The van der Waals surface area contributed by atoms with Gasteiger partial charge in [0.05, 0.1) is 0 Å². The van der Waals surface area contributed by atoms with Gasteiger partial charge < -0.3 is 10.6 Å². The number of nitrogens with two attached hydrogens (primary N) is 1. The number of carbonyl (C=O) groups is 1. The van der Waals surface area contributed by atoms with Crippen LogP contribution in [0.15, 0.2) is 24.3 Å². The normalized spacial score (nSPS) is 16.1. The molecule has 1 fully saturated rings. The number of thioether (sulfide) groups is 1. The Morgan fingerprint density at radius 1 is 1.40 bits per heavy atom. The monoisotopic (exact) mass is 292 g/mol. The van der Waals surface area contributed by atoms with E-state index in [4.69, 9.17) is 5.73 Å². The highest BCUT2D eigenvalue weighted by Gasteiger charge is 2.20. The molecule has 20 heavy (non-hydrogen) atoms. The van der Waals surface area contributed by atoms with E-state index in [1.807, 2.05) is 47.9 Å². The summed E-state index contributed by atoms with van der Waals surface area (Å²) in [6.45, 7) is 3.47. The Balaban J connectivity index is 1.91. The largest absolute Gasteiger partial charge is 0.399 e. The van der Waals surface area contributed by atoms with Crippen LogP contribution in [0, 0.1) is 5.92 Å². The molecule has 0 atom stereocenters. The summed E-state index contributed by atoms with van der Waals surface area (Å²) < 4.78 is 0. The van der Waals surface area contributed by atoms with E-state index in [0.29, 0.717) is 18.9 Å². The molecule has 0 bridgehead atoms. The van der Waals surface area contributed by atoms with E-state index in [1.165, 1.54) is 24.3 Å². The van der Waals surface area contributed by atoms with Gasteiger partial charge in [-0.1, -0.05) is 12.1 Å². The molecule has 3 nitrogen and oxygen atoms in total. The molecule has 0 aliphatic carbocycles. The smallest absolute Gasteiger partial charge is 0.223 e. The van der Waals surface area contributed by atoms with Crippen molar-refractivity contribution in [3.8, 4) is 0 Å². The average Bonchev–Trinajstić information content (AvgIpc) is 2.46. The van der Waals surface area contributed by atoms with Gasteiger partial charge in [-0.3, -0.25) is 4.79 Å². The number of anilines is 1. The topological polar surface area (TPSA) is 46.3 Å². The molecule has 1 heterocycles. The predicted octanol–water partition coefficient (Wildman–Crippen LogP) is 3.15. The number of hydrogen-bond donors (Lipinski definition) is 1. The summed E-state index contributed by atoms with van der Waals surface area (Å²) in [5, 5.41) is 0. The lowest BCUT2D eigenvalue weighted by Gasteiger charge is -2.26. The van der Waals surface area contributed by atoms with Crippen LogP contribution in [0.25, 0.3) is 0 Å². The summed E-state index contributed by atoms with van der Waals surface area (Å²) in [4.78, 5) is 14.4. The minimum atomic E-state index is 0.284. The number of nitrogens with zero attached hydrogens (tertiary/aromatic N) is 1. The highest BCUT2D eigenvalue weighted by atomic mass is 32.2. The maximum absolute atomic E-state index is 12.4. The highest BCUT2D eigenvalue weighted by Crippen LogP contribution is 2.26. The van der Waals surface area contributed by atoms with Crippen molar-refractivity contribution >= 4 is 23.4 Å². The number of rotatable bonds is 5. The molecule has 1 saturated heterocycles. The maximum atomic E-state index is 12.4. The van der Waals surface area contributed by atoms with Gasteiger partial charge in [0.25, 0.3) is 0 Å². The fraction of sp³-hybridized carbons (Fsp3) is 0.562. The Kier molecular flexibility index (Phi) is 5.77. The third-order valence-corrected chi connectivity index (χ3v) is 4.91. The summed E-state index contributed by atoms with van der Waals surface area (Å²) in [6, 6.07) is 7.80. The molecule has 1 aromatic rings. The first-order valence-corrected chi connectivity index (χ1v) is 8.54. The first kappa shape index (κ1) is 15.2. The van der Waals surface area contributed by atoms with Crippen molar-refractivity contribution in [2.24, 2.45) is 5.92 Å². The molecule has 2 rings (SSSR count). The molecule has 1 amide bonds. The summed E-state index contributed by atoms with van der Waals surface area (Å²) in [7, 11) is 0. The van der Waals surface area contributed by atoms with E-state index >= 15 is 0 Å². The Hall–Kier alpha value is -1.16. The second kappa shape index (κ2) is 7.58. The first-order chi connectivity index (χ1) is 9.69. The van der Waals surface area contributed by atoms with Crippen LogP contribution < -0.4 is 5.73 Å². The molecule has 110 valence electrons. The van der Waals surface area contributed by atoms with Crippen LogP contribution in [0.5, 0.6) is 0 Å². The first-order valence-electron chi connectivity index (χ1n) is 7.39. The summed E-state index contributed by atoms with van der Waals surface area (Å²) >= 11 is 2.01. The molecule has 0 spiro atoms. The van der Waals surface area contributed by atoms with E-state index in [0.717, 1.165) is 17.8 Å². The Bertz CT molecular complexity index is 444. The lowest BCUT2D eigenvalue weighted by atomic mass is 9.98. The number of carbonyl (C=O) groups excluding carboxylic acids is 1. The summed E-state index contributed by atoms with van der Waals surface area (Å²) in [5.41, 5.74) is 7.67. The number of benzene rings is 1. The van der Waals surface area contributed by atoms with Gasteiger partial charge >= 0.3 is 0 Å². The number of nitrogen functional groups attached to an aromatic ring is 1. The summed E-state index contributed by atoms with van der Waals surface area (Å²) in [6.07, 6.45) is 3.08. The Labute approximate surface area is 125 Å². The third-order valence-electron chi connectivity index (χ3n) is 3.86. The molecule has 4 heteroatoms. The van der Waals surface area contributed by atoms with Gasteiger partial charge in [-0.2, -0.15) is 11.8 Å². The van der Waals surface area contributed by atoms with E-state index < -0.39 is 0 Å². The van der Waals surface area contributed by atoms with E-state index in [9.17, 15) is 4.79 Å². The Morgan fingerprint density at radius 3 is 2.80 bits per heavy atom. The second-order valence-electron chi connectivity index (χ2n) is 5.41. The molecule has 0 aromatic heterocycles. The SMILES string of the molecule is CCN(Cc1cccc(N)c1)C(=O)CC1CCSCC1.